The van der Waals surface area contributed by atoms with Gasteiger partial charge in [0.2, 0.25) is 10.0 Å². The van der Waals surface area contributed by atoms with Gasteiger partial charge in [-0.25, -0.2) is 13.1 Å². The summed E-state index contributed by atoms with van der Waals surface area (Å²) in [6.45, 7) is 6.71. The molecule has 104 valence electrons. The minimum absolute atomic E-state index is 0.00144. The van der Waals surface area contributed by atoms with Gasteiger partial charge in [-0.05, 0) is 18.3 Å². The van der Waals surface area contributed by atoms with Crippen molar-refractivity contribution >= 4 is 10.0 Å². The molecule has 0 rings (SSSR count). The molecule has 0 heterocycles. The van der Waals surface area contributed by atoms with Gasteiger partial charge in [-0.2, -0.15) is 0 Å². The van der Waals surface area contributed by atoms with Crippen LogP contribution < -0.4 is 4.72 Å². The van der Waals surface area contributed by atoms with E-state index in [1.165, 1.54) is 12.8 Å². The minimum atomic E-state index is -3.22. The van der Waals surface area contributed by atoms with Gasteiger partial charge >= 0.3 is 0 Å². The van der Waals surface area contributed by atoms with Crippen LogP contribution in [0.25, 0.3) is 0 Å². The Morgan fingerprint density at radius 1 is 1.18 bits per heavy atom. The Balaban J connectivity index is 3.98. The van der Waals surface area contributed by atoms with Crippen LogP contribution in [-0.4, -0.2) is 32.4 Å². The second-order valence-corrected chi connectivity index (χ2v) is 7.26. The highest BCUT2D eigenvalue weighted by Crippen LogP contribution is 2.22. The molecular weight excluding hydrogens is 238 g/mol. The van der Waals surface area contributed by atoms with Gasteiger partial charge in [-0.15, -0.1) is 0 Å². The fourth-order valence-electron chi connectivity index (χ4n) is 1.57. The molecular formula is C12H27NO3S. The van der Waals surface area contributed by atoms with E-state index >= 15 is 0 Å². The molecule has 2 N–H and O–H groups in total. The molecule has 0 aliphatic heterocycles. The number of aliphatic hydroxyl groups excluding tert-OH is 1. The topological polar surface area (TPSA) is 66.4 Å². The van der Waals surface area contributed by atoms with E-state index in [0.29, 0.717) is 13.0 Å². The standard InChI is InChI=1S/C12H27NO3S/c1-4-5-6-8-12(2,3)11-13-17(15,16)10-7-9-14/h13-14H,4-11H2,1-3H3. The van der Waals surface area contributed by atoms with Gasteiger partial charge in [-0.3, -0.25) is 0 Å². The van der Waals surface area contributed by atoms with Crippen LogP contribution in [-0.2, 0) is 10.0 Å². The van der Waals surface area contributed by atoms with Gasteiger partial charge in [0.05, 0.1) is 5.75 Å². The highest BCUT2D eigenvalue weighted by Gasteiger charge is 2.20. The van der Waals surface area contributed by atoms with Crippen molar-refractivity contribution in [1.29, 1.82) is 0 Å². The second-order valence-electron chi connectivity index (χ2n) is 5.34. The van der Waals surface area contributed by atoms with E-state index in [0.717, 1.165) is 12.8 Å². The summed E-state index contributed by atoms with van der Waals surface area (Å²) in [6.07, 6.45) is 4.84. The Labute approximate surface area is 106 Å². The SMILES string of the molecule is CCCCCC(C)(C)CNS(=O)(=O)CCCO. The van der Waals surface area contributed by atoms with Crippen molar-refractivity contribution in [2.75, 3.05) is 18.9 Å². The molecule has 4 nitrogen and oxygen atoms in total. The van der Waals surface area contributed by atoms with Gasteiger partial charge in [0.1, 0.15) is 0 Å². The van der Waals surface area contributed by atoms with Crippen LogP contribution in [0.5, 0.6) is 0 Å². The van der Waals surface area contributed by atoms with Gasteiger partial charge < -0.3 is 5.11 Å². The third-order valence-electron chi connectivity index (χ3n) is 2.80. The second kappa shape index (κ2) is 8.06. The van der Waals surface area contributed by atoms with Crippen molar-refractivity contribution in [1.82, 2.24) is 4.72 Å². The smallest absolute Gasteiger partial charge is 0.211 e. The average Bonchev–Trinajstić information content (AvgIpc) is 2.25. The van der Waals surface area contributed by atoms with E-state index in [4.69, 9.17) is 5.11 Å². The van der Waals surface area contributed by atoms with Crippen LogP contribution in [0, 0.1) is 5.41 Å². The van der Waals surface area contributed by atoms with Gasteiger partial charge in [0.25, 0.3) is 0 Å². The lowest BCUT2D eigenvalue weighted by molar-refractivity contribution is 0.294. The molecule has 17 heavy (non-hydrogen) atoms. The molecule has 0 radical (unpaired) electrons. The van der Waals surface area contributed by atoms with E-state index in [-0.39, 0.29) is 17.8 Å². The first-order valence-electron chi connectivity index (χ1n) is 6.41. The molecule has 0 atom stereocenters. The van der Waals surface area contributed by atoms with Crippen LogP contribution in [0.4, 0.5) is 0 Å². The van der Waals surface area contributed by atoms with Crippen molar-refractivity contribution < 1.29 is 13.5 Å². The zero-order valence-electron chi connectivity index (χ0n) is 11.3. The van der Waals surface area contributed by atoms with Crippen LogP contribution in [0.15, 0.2) is 0 Å². The third-order valence-corrected chi connectivity index (χ3v) is 4.21. The van der Waals surface area contributed by atoms with E-state index in [9.17, 15) is 8.42 Å². The highest BCUT2D eigenvalue weighted by molar-refractivity contribution is 7.89. The molecule has 0 saturated carbocycles. The quantitative estimate of drug-likeness (QED) is 0.593. The first-order valence-corrected chi connectivity index (χ1v) is 8.06. The third kappa shape index (κ3) is 9.56. The van der Waals surface area contributed by atoms with Gasteiger partial charge in [0.15, 0.2) is 0 Å². The van der Waals surface area contributed by atoms with Crippen molar-refractivity contribution in [3.8, 4) is 0 Å². The summed E-state index contributed by atoms with van der Waals surface area (Å²) in [7, 11) is -3.22. The van der Waals surface area contributed by atoms with E-state index in [1.54, 1.807) is 0 Å². The number of nitrogens with one attached hydrogen (secondary N) is 1. The minimum Gasteiger partial charge on any atom is -0.396 e. The summed E-state index contributed by atoms with van der Waals surface area (Å²) in [5, 5.41) is 8.61. The Morgan fingerprint density at radius 3 is 2.35 bits per heavy atom. The fourth-order valence-corrected chi connectivity index (χ4v) is 2.84. The number of aliphatic hydroxyl groups is 1. The van der Waals surface area contributed by atoms with E-state index < -0.39 is 10.0 Å². The van der Waals surface area contributed by atoms with Crippen molar-refractivity contribution in [3.05, 3.63) is 0 Å². The maximum absolute atomic E-state index is 11.5. The van der Waals surface area contributed by atoms with Crippen molar-refractivity contribution in [3.63, 3.8) is 0 Å². The molecule has 0 saturated heterocycles. The predicted octanol–water partition coefficient (Wildman–Crippen LogP) is 1.89. The summed E-state index contributed by atoms with van der Waals surface area (Å²) in [5.74, 6) is 0.00847. The molecule has 0 spiro atoms. The molecule has 0 aromatic rings. The molecule has 0 aliphatic rings. The Bertz CT molecular complexity index is 286. The number of unbranched alkanes of at least 4 members (excludes halogenated alkanes) is 2. The summed E-state index contributed by atoms with van der Waals surface area (Å²) in [5.41, 5.74) is 0.00144. The first kappa shape index (κ1) is 16.9. The predicted molar refractivity (Wildman–Crippen MR) is 71.4 cm³/mol. The zero-order chi connectivity index (χ0) is 13.4. The zero-order valence-corrected chi connectivity index (χ0v) is 12.1. The molecule has 0 aromatic heterocycles. The monoisotopic (exact) mass is 265 g/mol. The average molecular weight is 265 g/mol. The lowest BCUT2D eigenvalue weighted by Gasteiger charge is -2.24. The maximum atomic E-state index is 11.5. The Hall–Kier alpha value is -0.130. The lowest BCUT2D eigenvalue weighted by atomic mass is 9.87. The molecule has 0 amide bonds. The molecule has 0 aliphatic carbocycles. The summed E-state index contributed by atoms with van der Waals surface area (Å²) < 4.78 is 25.7. The largest absolute Gasteiger partial charge is 0.396 e. The summed E-state index contributed by atoms with van der Waals surface area (Å²) in [4.78, 5) is 0. The Morgan fingerprint density at radius 2 is 1.82 bits per heavy atom. The number of rotatable bonds is 10. The number of sulfonamides is 1. The first-order chi connectivity index (χ1) is 7.83. The number of hydrogen-bond acceptors (Lipinski definition) is 3. The van der Waals surface area contributed by atoms with Crippen LogP contribution in [0.3, 0.4) is 0 Å². The molecule has 5 heteroatoms. The normalized spacial score (nSPS) is 12.9. The van der Waals surface area contributed by atoms with Gasteiger partial charge in [0, 0.05) is 13.2 Å². The van der Waals surface area contributed by atoms with Gasteiger partial charge in [-0.1, -0.05) is 40.0 Å². The summed E-state index contributed by atoms with van der Waals surface area (Å²) >= 11 is 0. The number of hydrogen-bond donors (Lipinski definition) is 2. The summed E-state index contributed by atoms with van der Waals surface area (Å²) in [6, 6.07) is 0. The molecule has 0 bridgehead atoms. The van der Waals surface area contributed by atoms with E-state index in [2.05, 4.69) is 25.5 Å². The van der Waals surface area contributed by atoms with Crippen molar-refractivity contribution in [2.24, 2.45) is 5.41 Å². The highest BCUT2D eigenvalue weighted by atomic mass is 32.2. The van der Waals surface area contributed by atoms with Crippen LogP contribution in [0.2, 0.25) is 0 Å². The molecule has 0 unspecified atom stereocenters. The Kier molecular flexibility index (Phi) is 8.00. The van der Waals surface area contributed by atoms with E-state index in [1.807, 2.05) is 0 Å². The van der Waals surface area contributed by atoms with Crippen molar-refractivity contribution in [2.45, 2.75) is 52.9 Å². The van der Waals surface area contributed by atoms with Crippen LogP contribution >= 0.6 is 0 Å². The molecule has 0 aromatic carbocycles. The lowest BCUT2D eigenvalue weighted by Crippen LogP contribution is -2.35. The fraction of sp³-hybridized carbons (Fsp3) is 1.00. The van der Waals surface area contributed by atoms with Crippen LogP contribution in [0.1, 0.15) is 52.9 Å². The molecule has 0 fully saturated rings. The maximum Gasteiger partial charge on any atom is 0.211 e.